The molecule has 3 rings (SSSR count). The summed E-state index contributed by atoms with van der Waals surface area (Å²) in [5.74, 6) is -0.590. The van der Waals surface area contributed by atoms with E-state index < -0.39 is 29.8 Å². The number of benzene rings is 1. The number of amides is 2. The van der Waals surface area contributed by atoms with Gasteiger partial charge in [-0.1, -0.05) is 29.8 Å². The molecule has 0 radical (unpaired) electrons. The molecule has 0 spiro atoms. The van der Waals surface area contributed by atoms with Gasteiger partial charge in [0.05, 0.1) is 32.8 Å². The molecule has 2 heterocycles. The third kappa shape index (κ3) is 6.06. The molecule has 0 saturated carbocycles. The molecule has 7 nitrogen and oxygen atoms in total. The molecule has 2 amide bonds. The zero-order valence-electron chi connectivity index (χ0n) is 16.9. The molecule has 0 fully saturated rings. The summed E-state index contributed by atoms with van der Waals surface area (Å²) < 4.78 is 42.7. The van der Waals surface area contributed by atoms with Crippen LogP contribution in [0.15, 0.2) is 41.0 Å². The molecule has 13 heteroatoms. The second kappa shape index (κ2) is 10.1. The van der Waals surface area contributed by atoms with E-state index in [1.165, 1.54) is 18.2 Å². The highest BCUT2D eigenvalue weighted by atomic mass is 79.9. The predicted molar refractivity (Wildman–Crippen MR) is 122 cm³/mol. The van der Waals surface area contributed by atoms with Crippen molar-refractivity contribution in [3.05, 3.63) is 61.3 Å². The number of carbonyl (C=O) groups is 2. The van der Waals surface area contributed by atoms with Crippen LogP contribution in [0.5, 0.6) is 0 Å². The number of nitrogens with zero attached hydrogens (tertiary/aromatic N) is 2. The maximum atomic E-state index is 13.4. The molecule has 1 aromatic carbocycles. The van der Waals surface area contributed by atoms with Crippen molar-refractivity contribution in [3.63, 3.8) is 0 Å². The van der Waals surface area contributed by atoms with Gasteiger partial charge in [-0.15, -0.1) is 11.3 Å². The molecule has 176 valence electrons. The van der Waals surface area contributed by atoms with Gasteiger partial charge in [-0.25, -0.2) is 4.79 Å². The molecule has 0 unspecified atom stereocenters. The van der Waals surface area contributed by atoms with Crippen LogP contribution in [0.2, 0.25) is 4.34 Å². The van der Waals surface area contributed by atoms with E-state index in [2.05, 4.69) is 31.7 Å². The van der Waals surface area contributed by atoms with Crippen molar-refractivity contribution < 1.29 is 27.9 Å². The third-order valence-corrected chi connectivity index (χ3v) is 6.62. The Bertz CT molecular complexity index is 1160. The van der Waals surface area contributed by atoms with E-state index in [1.807, 2.05) is 0 Å². The SMILES string of the molecule is Cn1ncc(Br)c1-c1cc(C(=O)N[C@H](CNC(=O)O)Cc2ccccc2C(F)(F)F)sc1Cl. The van der Waals surface area contributed by atoms with E-state index in [1.54, 1.807) is 24.0 Å². The fourth-order valence-electron chi connectivity index (χ4n) is 3.24. The Labute approximate surface area is 203 Å². The summed E-state index contributed by atoms with van der Waals surface area (Å²) in [5, 5.41) is 17.8. The summed E-state index contributed by atoms with van der Waals surface area (Å²) in [5.41, 5.74) is 0.299. The number of thiophene rings is 1. The van der Waals surface area contributed by atoms with Crippen LogP contribution in [0.3, 0.4) is 0 Å². The highest BCUT2D eigenvalue weighted by Gasteiger charge is 2.33. The lowest BCUT2D eigenvalue weighted by Crippen LogP contribution is -2.44. The Balaban J connectivity index is 1.85. The van der Waals surface area contributed by atoms with Crippen LogP contribution in [0.25, 0.3) is 11.3 Å². The van der Waals surface area contributed by atoms with E-state index in [0.29, 0.717) is 20.1 Å². The Morgan fingerprint density at radius 2 is 2.03 bits per heavy atom. The topological polar surface area (TPSA) is 96.3 Å². The van der Waals surface area contributed by atoms with Crippen LogP contribution >= 0.6 is 38.9 Å². The molecule has 0 aliphatic rings. The molecule has 1 atom stereocenters. The van der Waals surface area contributed by atoms with Crippen LogP contribution in [-0.2, 0) is 19.6 Å². The van der Waals surface area contributed by atoms with E-state index >= 15 is 0 Å². The molecule has 0 saturated heterocycles. The minimum absolute atomic E-state index is 0.0637. The fourth-order valence-corrected chi connectivity index (χ4v) is 4.98. The average molecular weight is 566 g/mol. The minimum Gasteiger partial charge on any atom is -0.465 e. The van der Waals surface area contributed by atoms with Crippen molar-refractivity contribution in [2.75, 3.05) is 6.54 Å². The Hall–Kier alpha value is -2.57. The summed E-state index contributed by atoms with van der Waals surface area (Å²) in [6.07, 6.45) is -4.60. The standard InChI is InChI=1S/C20H17BrClF3N4O3S/c1-29-16(14(21)9-27-29)12-7-15(33-17(12)22)18(30)28-11(8-26-19(31)32)6-10-4-2-3-5-13(10)20(23,24)25/h2-5,7,9,11,26H,6,8H2,1H3,(H,28,30)(H,31,32)/t11-/m0/s1. The van der Waals surface area contributed by atoms with Gasteiger partial charge >= 0.3 is 12.3 Å². The third-order valence-electron chi connectivity index (χ3n) is 4.68. The molecule has 3 N–H and O–H groups in total. The number of rotatable bonds is 7. The first-order chi connectivity index (χ1) is 15.5. The number of hydrogen-bond donors (Lipinski definition) is 3. The van der Waals surface area contributed by atoms with Gasteiger partial charge in [-0.05, 0) is 40.0 Å². The largest absolute Gasteiger partial charge is 0.465 e. The maximum Gasteiger partial charge on any atom is 0.416 e. The van der Waals surface area contributed by atoms with Crippen LogP contribution in [0.1, 0.15) is 20.8 Å². The summed E-state index contributed by atoms with van der Waals surface area (Å²) in [6, 6.07) is 5.56. The molecular weight excluding hydrogens is 549 g/mol. The zero-order valence-corrected chi connectivity index (χ0v) is 20.1. The van der Waals surface area contributed by atoms with Gasteiger partial charge in [0.1, 0.15) is 4.34 Å². The van der Waals surface area contributed by atoms with Gasteiger partial charge in [0.15, 0.2) is 0 Å². The van der Waals surface area contributed by atoms with Gasteiger partial charge in [-0.2, -0.15) is 18.3 Å². The normalized spacial score (nSPS) is 12.4. The van der Waals surface area contributed by atoms with Gasteiger partial charge in [0.2, 0.25) is 0 Å². The lowest BCUT2D eigenvalue weighted by atomic mass is 9.99. The summed E-state index contributed by atoms with van der Waals surface area (Å²) >= 11 is 10.7. The van der Waals surface area contributed by atoms with Gasteiger partial charge < -0.3 is 15.7 Å². The monoisotopic (exact) mass is 564 g/mol. The number of hydrogen-bond acceptors (Lipinski definition) is 4. The second-order valence-electron chi connectivity index (χ2n) is 6.98. The van der Waals surface area contributed by atoms with Crippen molar-refractivity contribution in [2.45, 2.75) is 18.6 Å². The van der Waals surface area contributed by atoms with E-state index in [0.717, 1.165) is 17.4 Å². The van der Waals surface area contributed by atoms with Crippen molar-refractivity contribution in [2.24, 2.45) is 7.05 Å². The van der Waals surface area contributed by atoms with Gasteiger partial charge in [0.25, 0.3) is 5.91 Å². The number of carbonyl (C=O) groups excluding carboxylic acids is 1. The number of aromatic nitrogens is 2. The number of alkyl halides is 3. The predicted octanol–water partition coefficient (Wildman–Crippen LogP) is 5.19. The van der Waals surface area contributed by atoms with E-state index in [-0.39, 0.29) is 23.4 Å². The van der Waals surface area contributed by atoms with Crippen molar-refractivity contribution in [1.82, 2.24) is 20.4 Å². The highest BCUT2D eigenvalue weighted by Crippen LogP contribution is 2.39. The quantitative estimate of drug-likeness (QED) is 0.367. The van der Waals surface area contributed by atoms with Crippen LogP contribution < -0.4 is 10.6 Å². The molecule has 0 aliphatic carbocycles. The van der Waals surface area contributed by atoms with Gasteiger partial charge in [-0.3, -0.25) is 9.48 Å². The summed E-state index contributed by atoms with van der Waals surface area (Å²) in [6.45, 7) is -0.285. The molecule has 0 aliphatic heterocycles. The van der Waals surface area contributed by atoms with Crippen LogP contribution in [-0.4, -0.2) is 39.5 Å². The molecule has 33 heavy (non-hydrogen) atoms. The summed E-state index contributed by atoms with van der Waals surface area (Å²) in [7, 11) is 1.71. The van der Waals surface area contributed by atoms with Crippen LogP contribution in [0.4, 0.5) is 18.0 Å². The Kier molecular flexibility index (Phi) is 7.70. The second-order valence-corrected chi connectivity index (χ2v) is 9.49. The number of aryl methyl sites for hydroxylation is 1. The smallest absolute Gasteiger partial charge is 0.416 e. The summed E-state index contributed by atoms with van der Waals surface area (Å²) in [4.78, 5) is 24.1. The lowest BCUT2D eigenvalue weighted by Gasteiger charge is -2.21. The Morgan fingerprint density at radius 1 is 1.33 bits per heavy atom. The first kappa shape index (κ1) is 25.1. The first-order valence-electron chi connectivity index (χ1n) is 9.37. The number of halogens is 5. The number of nitrogens with one attached hydrogen (secondary N) is 2. The van der Waals surface area contributed by atoms with Crippen molar-refractivity contribution in [3.8, 4) is 11.3 Å². The van der Waals surface area contributed by atoms with E-state index in [4.69, 9.17) is 16.7 Å². The van der Waals surface area contributed by atoms with Crippen molar-refractivity contribution >= 4 is 50.9 Å². The lowest BCUT2D eigenvalue weighted by molar-refractivity contribution is -0.138. The van der Waals surface area contributed by atoms with Gasteiger partial charge in [0, 0.05) is 19.2 Å². The zero-order chi connectivity index (χ0) is 24.3. The van der Waals surface area contributed by atoms with Crippen molar-refractivity contribution in [1.29, 1.82) is 0 Å². The molecular formula is C20H17BrClF3N4O3S. The maximum absolute atomic E-state index is 13.4. The minimum atomic E-state index is -4.59. The molecule has 2 aromatic heterocycles. The first-order valence-corrected chi connectivity index (χ1v) is 11.4. The fraction of sp³-hybridized carbons (Fsp3) is 0.250. The number of carboxylic acid groups (broad SMARTS) is 1. The van der Waals surface area contributed by atoms with E-state index in [9.17, 15) is 22.8 Å². The Morgan fingerprint density at radius 3 is 2.64 bits per heavy atom. The molecule has 3 aromatic rings. The average Bonchev–Trinajstić information content (AvgIpc) is 3.27. The highest BCUT2D eigenvalue weighted by molar-refractivity contribution is 9.10. The van der Waals surface area contributed by atoms with Crippen LogP contribution in [0, 0.1) is 0 Å². The molecule has 0 bridgehead atoms.